The molecule has 1 atom stereocenters. The quantitative estimate of drug-likeness (QED) is 0.827. The predicted octanol–water partition coefficient (Wildman–Crippen LogP) is 1.95. The second-order valence-corrected chi connectivity index (χ2v) is 4.76. The molecule has 1 aromatic carbocycles. The summed E-state index contributed by atoms with van der Waals surface area (Å²) in [7, 11) is 0. The lowest BCUT2D eigenvalue weighted by Gasteiger charge is -2.16. The lowest BCUT2D eigenvalue weighted by Crippen LogP contribution is -2.38. The molecule has 0 bridgehead atoms. The molecule has 0 saturated carbocycles. The van der Waals surface area contributed by atoms with Crippen molar-refractivity contribution in [1.82, 2.24) is 10.3 Å². The first-order chi connectivity index (χ1) is 9.69. The van der Waals surface area contributed by atoms with E-state index in [1.165, 1.54) is 18.3 Å². The summed E-state index contributed by atoms with van der Waals surface area (Å²) in [5.41, 5.74) is 1.28. The van der Waals surface area contributed by atoms with Gasteiger partial charge in [-0.25, -0.2) is 0 Å². The van der Waals surface area contributed by atoms with Crippen LogP contribution in [0.5, 0.6) is 0 Å². The minimum Gasteiger partial charge on any atom is -0.348 e. The molecule has 0 aliphatic heterocycles. The Morgan fingerprint density at radius 1 is 1.20 bits per heavy atom. The Morgan fingerprint density at radius 2 is 1.95 bits per heavy atom. The molecule has 0 spiro atoms. The summed E-state index contributed by atoms with van der Waals surface area (Å²) in [6.07, 6.45) is 2.06. The fraction of sp³-hybridized carbons (Fsp3) is 0.200. The molecule has 20 heavy (non-hydrogen) atoms. The highest BCUT2D eigenvalue weighted by Gasteiger charge is 2.13. The van der Waals surface area contributed by atoms with Crippen LogP contribution < -0.4 is 10.9 Å². The van der Waals surface area contributed by atoms with E-state index in [0.717, 1.165) is 5.56 Å². The summed E-state index contributed by atoms with van der Waals surface area (Å²) in [6.45, 7) is 0. The van der Waals surface area contributed by atoms with Gasteiger partial charge in [0.2, 0.25) is 5.56 Å². The van der Waals surface area contributed by atoms with E-state index in [2.05, 4.69) is 10.3 Å². The van der Waals surface area contributed by atoms with Gasteiger partial charge in [-0.1, -0.05) is 30.3 Å². The highest BCUT2D eigenvalue weighted by Crippen LogP contribution is 2.05. The number of aromatic amines is 1. The normalized spacial score (nSPS) is 11.8. The highest BCUT2D eigenvalue weighted by atomic mass is 35.5. The van der Waals surface area contributed by atoms with Gasteiger partial charge in [0.1, 0.15) is 0 Å². The van der Waals surface area contributed by atoms with Gasteiger partial charge >= 0.3 is 0 Å². The molecular weight excluding hydrogens is 276 g/mol. The largest absolute Gasteiger partial charge is 0.348 e. The minimum absolute atomic E-state index is 0.154. The third-order valence-corrected chi connectivity index (χ3v) is 3.27. The number of alkyl halides is 1. The lowest BCUT2D eigenvalue weighted by molar-refractivity contribution is 0.0940. The van der Waals surface area contributed by atoms with Crippen molar-refractivity contribution in [3.05, 3.63) is 70.1 Å². The lowest BCUT2D eigenvalue weighted by atomic mass is 10.1. The van der Waals surface area contributed by atoms with E-state index in [1.807, 2.05) is 30.3 Å². The fourth-order valence-corrected chi connectivity index (χ4v) is 2.05. The number of amides is 1. The Labute approximate surface area is 121 Å². The number of hydrogen-bond donors (Lipinski definition) is 2. The first kappa shape index (κ1) is 14.3. The summed E-state index contributed by atoms with van der Waals surface area (Å²) in [5, 5.41) is 2.86. The number of carbonyl (C=O) groups is 1. The summed E-state index contributed by atoms with van der Waals surface area (Å²) < 4.78 is 0. The summed E-state index contributed by atoms with van der Waals surface area (Å²) in [5.74, 6) is 0.0760. The van der Waals surface area contributed by atoms with Gasteiger partial charge in [0.15, 0.2) is 0 Å². The van der Waals surface area contributed by atoms with Crippen molar-refractivity contribution in [2.75, 3.05) is 5.88 Å². The van der Waals surface area contributed by atoms with Crippen LogP contribution in [0.2, 0.25) is 0 Å². The van der Waals surface area contributed by atoms with Crippen molar-refractivity contribution in [1.29, 1.82) is 0 Å². The molecule has 0 radical (unpaired) electrons. The fourth-order valence-electron chi connectivity index (χ4n) is 1.86. The number of halogens is 1. The molecule has 1 heterocycles. The average Bonchev–Trinajstić information content (AvgIpc) is 2.48. The SMILES string of the molecule is O=C(NC(CCl)Cc1ccccc1)c1ccc(=O)[nH]c1. The van der Waals surface area contributed by atoms with Gasteiger partial charge in [0, 0.05) is 24.2 Å². The Balaban J connectivity index is 2.01. The maximum absolute atomic E-state index is 12.0. The van der Waals surface area contributed by atoms with Gasteiger partial charge < -0.3 is 10.3 Å². The second-order valence-electron chi connectivity index (χ2n) is 4.46. The smallest absolute Gasteiger partial charge is 0.253 e. The van der Waals surface area contributed by atoms with Crippen molar-refractivity contribution in [2.24, 2.45) is 0 Å². The Hall–Kier alpha value is -2.07. The molecular formula is C15H15ClN2O2. The molecule has 2 N–H and O–H groups in total. The molecule has 0 aliphatic carbocycles. The standard InChI is InChI=1S/C15H15ClN2O2/c16-9-13(8-11-4-2-1-3-5-11)18-15(20)12-6-7-14(19)17-10-12/h1-7,10,13H,8-9H2,(H,17,19)(H,18,20). The average molecular weight is 291 g/mol. The molecule has 104 valence electrons. The summed E-state index contributed by atoms with van der Waals surface area (Å²) in [6, 6.07) is 12.5. The molecule has 1 unspecified atom stereocenters. The third-order valence-electron chi connectivity index (χ3n) is 2.89. The number of pyridine rings is 1. The van der Waals surface area contributed by atoms with Crippen LogP contribution in [0.4, 0.5) is 0 Å². The van der Waals surface area contributed by atoms with E-state index in [-0.39, 0.29) is 17.5 Å². The Kier molecular flexibility index (Phi) is 4.96. The van der Waals surface area contributed by atoms with Crippen LogP contribution in [0, 0.1) is 0 Å². The summed E-state index contributed by atoms with van der Waals surface area (Å²) in [4.78, 5) is 25.5. The van der Waals surface area contributed by atoms with Gasteiger partial charge in [-0.2, -0.15) is 0 Å². The van der Waals surface area contributed by atoms with Gasteiger partial charge in [0.05, 0.1) is 5.56 Å². The van der Waals surface area contributed by atoms with Gasteiger partial charge in [-0.05, 0) is 18.1 Å². The Bertz CT molecular complexity index is 605. The molecule has 0 saturated heterocycles. The number of hydrogen-bond acceptors (Lipinski definition) is 2. The van der Waals surface area contributed by atoms with Crippen molar-refractivity contribution < 1.29 is 4.79 Å². The number of benzene rings is 1. The molecule has 2 rings (SSSR count). The van der Waals surface area contributed by atoms with Crippen molar-refractivity contribution in [3.63, 3.8) is 0 Å². The molecule has 0 fully saturated rings. The third kappa shape index (κ3) is 3.96. The van der Waals surface area contributed by atoms with Crippen LogP contribution >= 0.6 is 11.6 Å². The van der Waals surface area contributed by atoms with Crippen LogP contribution in [0.3, 0.4) is 0 Å². The van der Waals surface area contributed by atoms with Gasteiger partial charge in [-0.15, -0.1) is 11.6 Å². The minimum atomic E-state index is -0.247. The van der Waals surface area contributed by atoms with Crippen LogP contribution in [0.1, 0.15) is 15.9 Å². The molecule has 2 aromatic rings. The monoisotopic (exact) mass is 290 g/mol. The van der Waals surface area contributed by atoms with Crippen LogP contribution in [-0.2, 0) is 6.42 Å². The molecule has 0 aliphatic rings. The highest BCUT2D eigenvalue weighted by molar-refractivity contribution is 6.18. The molecule has 5 heteroatoms. The van der Waals surface area contributed by atoms with Crippen LogP contribution in [-0.4, -0.2) is 22.8 Å². The van der Waals surface area contributed by atoms with E-state index in [4.69, 9.17) is 11.6 Å². The number of rotatable bonds is 5. The number of carbonyl (C=O) groups excluding carboxylic acids is 1. The molecule has 1 amide bonds. The molecule has 4 nitrogen and oxygen atoms in total. The first-order valence-corrected chi connectivity index (χ1v) is 6.82. The second kappa shape index (κ2) is 6.91. The van der Waals surface area contributed by atoms with Crippen molar-refractivity contribution >= 4 is 17.5 Å². The van der Waals surface area contributed by atoms with Crippen LogP contribution in [0.15, 0.2) is 53.5 Å². The zero-order valence-corrected chi connectivity index (χ0v) is 11.6. The van der Waals surface area contributed by atoms with E-state index >= 15 is 0 Å². The number of aromatic nitrogens is 1. The first-order valence-electron chi connectivity index (χ1n) is 6.28. The van der Waals surface area contributed by atoms with Crippen molar-refractivity contribution in [3.8, 4) is 0 Å². The number of nitrogens with one attached hydrogen (secondary N) is 2. The maximum Gasteiger partial charge on any atom is 0.253 e. The Morgan fingerprint density at radius 3 is 2.55 bits per heavy atom. The predicted molar refractivity (Wildman–Crippen MR) is 79.2 cm³/mol. The van der Waals surface area contributed by atoms with Crippen molar-refractivity contribution in [2.45, 2.75) is 12.5 Å². The van der Waals surface area contributed by atoms with Crippen LogP contribution in [0.25, 0.3) is 0 Å². The van der Waals surface area contributed by atoms with E-state index in [9.17, 15) is 9.59 Å². The topological polar surface area (TPSA) is 62.0 Å². The summed E-state index contributed by atoms with van der Waals surface area (Å²) >= 11 is 5.90. The number of H-pyrrole nitrogens is 1. The van der Waals surface area contributed by atoms with E-state index < -0.39 is 0 Å². The zero-order chi connectivity index (χ0) is 14.4. The maximum atomic E-state index is 12.0. The zero-order valence-electron chi connectivity index (χ0n) is 10.8. The molecule has 1 aromatic heterocycles. The van der Waals surface area contributed by atoms with E-state index in [0.29, 0.717) is 17.9 Å². The van der Waals surface area contributed by atoms with Gasteiger partial charge in [-0.3, -0.25) is 9.59 Å². The van der Waals surface area contributed by atoms with E-state index in [1.54, 1.807) is 0 Å². The van der Waals surface area contributed by atoms with Gasteiger partial charge in [0.25, 0.3) is 5.91 Å².